The molecule has 0 bridgehead atoms. The summed E-state index contributed by atoms with van der Waals surface area (Å²) in [7, 11) is 0. The number of hydrogen-bond acceptors (Lipinski definition) is 4. The summed E-state index contributed by atoms with van der Waals surface area (Å²) in [6.07, 6.45) is -0.907. The van der Waals surface area contributed by atoms with Gasteiger partial charge in [0.05, 0.1) is 0 Å². The van der Waals surface area contributed by atoms with Gasteiger partial charge in [0.1, 0.15) is 10.7 Å². The van der Waals surface area contributed by atoms with Crippen molar-refractivity contribution >= 4 is 33.6 Å². The number of aromatic hydroxyl groups is 1. The fourth-order valence-electron chi connectivity index (χ4n) is 1.51. The highest BCUT2D eigenvalue weighted by atomic mass is 79.9. The van der Waals surface area contributed by atoms with Crippen LogP contribution in [-0.2, 0) is 11.2 Å². The molecule has 1 aromatic heterocycles. The molecule has 1 amide bonds. The highest BCUT2D eigenvalue weighted by molar-refractivity contribution is 9.10. The standard InChI is InChI=1S/C12H16BrClN2O3/c1-12(2,3)8(19-11(15)18)5-6-4-7(17)10(14)16-9(6)13/h4,8,17H,5H2,1-3H3,(H2,15,18). The number of hydrogen-bond donors (Lipinski definition) is 2. The van der Waals surface area contributed by atoms with Crippen molar-refractivity contribution < 1.29 is 14.6 Å². The molecule has 0 fully saturated rings. The SMILES string of the molecule is CC(C)(C)C(Cc1cc(O)c(Cl)nc1Br)OC(N)=O. The van der Waals surface area contributed by atoms with Gasteiger partial charge < -0.3 is 15.6 Å². The Bertz CT molecular complexity index is 489. The summed E-state index contributed by atoms with van der Waals surface area (Å²) in [6.45, 7) is 5.78. The van der Waals surface area contributed by atoms with Crippen molar-refractivity contribution in [2.24, 2.45) is 11.1 Å². The maximum atomic E-state index is 11.0. The van der Waals surface area contributed by atoms with Crippen LogP contribution in [0.25, 0.3) is 0 Å². The lowest BCUT2D eigenvalue weighted by Crippen LogP contribution is -2.35. The third-order valence-electron chi connectivity index (χ3n) is 2.61. The lowest BCUT2D eigenvalue weighted by Gasteiger charge is -2.29. The first-order chi connectivity index (χ1) is 8.61. The second kappa shape index (κ2) is 5.96. The van der Waals surface area contributed by atoms with Crippen LogP contribution in [0.5, 0.6) is 5.75 Å². The van der Waals surface area contributed by atoms with E-state index in [1.54, 1.807) is 0 Å². The zero-order valence-corrected chi connectivity index (χ0v) is 13.2. The predicted molar refractivity (Wildman–Crippen MR) is 76.2 cm³/mol. The summed E-state index contributed by atoms with van der Waals surface area (Å²) in [6, 6.07) is 1.49. The van der Waals surface area contributed by atoms with Crippen LogP contribution < -0.4 is 5.73 Å². The van der Waals surface area contributed by atoms with Gasteiger partial charge >= 0.3 is 6.09 Å². The van der Waals surface area contributed by atoms with Gasteiger partial charge in [0, 0.05) is 6.42 Å². The minimum atomic E-state index is -0.831. The molecule has 5 nitrogen and oxygen atoms in total. The maximum Gasteiger partial charge on any atom is 0.404 e. The van der Waals surface area contributed by atoms with Crippen LogP contribution in [-0.4, -0.2) is 22.3 Å². The molecule has 0 saturated carbocycles. The largest absolute Gasteiger partial charge is 0.505 e. The first kappa shape index (κ1) is 16.0. The molecule has 1 rings (SSSR count). The maximum absolute atomic E-state index is 11.0. The number of primary amides is 1. The van der Waals surface area contributed by atoms with E-state index < -0.39 is 12.2 Å². The molecule has 0 aliphatic rings. The van der Waals surface area contributed by atoms with E-state index in [1.165, 1.54) is 6.07 Å². The van der Waals surface area contributed by atoms with E-state index in [1.807, 2.05) is 20.8 Å². The van der Waals surface area contributed by atoms with Gasteiger partial charge in [-0.05, 0) is 33.0 Å². The first-order valence-corrected chi connectivity index (χ1v) is 6.78. The van der Waals surface area contributed by atoms with Crippen molar-refractivity contribution in [1.82, 2.24) is 4.98 Å². The van der Waals surface area contributed by atoms with Gasteiger partial charge in [0.25, 0.3) is 0 Å². The molecule has 0 saturated heterocycles. The highest BCUT2D eigenvalue weighted by Gasteiger charge is 2.29. The van der Waals surface area contributed by atoms with Gasteiger partial charge in [0.15, 0.2) is 10.9 Å². The molecule has 0 aromatic carbocycles. The Kier molecular flexibility index (Phi) is 5.04. The number of halogens is 2. The highest BCUT2D eigenvalue weighted by Crippen LogP contribution is 2.31. The zero-order chi connectivity index (χ0) is 14.8. The van der Waals surface area contributed by atoms with Crippen LogP contribution in [0.1, 0.15) is 26.3 Å². The Morgan fingerprint density at radius 2 is 2.21 bits per heavy atom. The molecule has 0 aliphatic heterocycles. The second-order valence-electron chi connectivity index (χ2n) is 5.24. The molecular weight excluding hydrogens is 336 g/mol. The van der Waals surface area contributed by atoms with Crippen molar-refractivity contribution in [2.45, 2.75) is 33.3 Å². The molecule has 0 aliphatic carbocycles. The third-order valence-corrected chi connectivity index (χ3v) is 3.58. The van der Waals surface area contributed by atoms with Gasteiger partial charge in [-0.1, -0.05) is 32.4 Å². The van der Waals surface area contributed by atoms with E-state index in [2.05, 4.69) is 20.9 Å². The zero-order valence-electron chi connectivity index (χ0n) is 10.9. The normalized spacial score (nSPS) is 13.1. The van der Waals surface area contributed by atoms with Crippen molar-refractivity contribution in [3.8, 4) is 5.75 Å². The smallest absolute Gasteiger partial charge is 0.404 e. The summed E-state index contributed by atoms with van der Waals surface area (Å²) < 4.78 is 5.62. The molecule has 1 aromatic rings. The van der Waals surface area contributed by atoms with Crippen LogP contribution in [0.2, 0.25) is 5.15 Å². The van der Waals surface area contributed by atoms with Gasteiger partial charge in [-0.15, -0.1) is 0 Å². The number of rotatable bonds is 3. The fourth-order valence-corrected chi connectivity index (χ4v) is 2.20. The predicted octanol–water partition coefficient (Wildman–Crippen LogP) is 3.26. The van der Waals surface area contributed by atoms with Gasteiger partial charge in [-0.2, -0.15) is 0 Å². The number of ether oxygens (including phenoxy) is 1. The number of amides is 1. The molecule has 1 unspecified atom stereocenters. The van der Waals surface area contributed by atoms with E-state index in [0.29, 0.717) is 16.6 Å². The first-order valence-electron chi connectivity index (χ1n) is 5.61. The summed E-state index contributed by atoms with van der Waals surface area (Å²) in [5.74, 6) is -0.119. The van der Waals surface area contributed by atoms with Gasteiger partial charge in [0.2, 0.25) is 0 Å². The number of nitrogens with two attached hydrogens (primary N) is 1. The van der Waals surface area contributed by atoms with E-state index in [9.17, 15) is 9.90 Å². The van der Waals surface area contributed by atoms with Crippen LogP contribution >= 0.6 is 27.5 Å². The quantitative estimate of drug-likeness (QED) is 0.819. The average molecular weight is 352 g/mol. The Balaban J connectivity index is 3.03. The van der Waals surface area contributed by atoms with Crippen LogP contribution in [0, 0.1) is 5.41 Å². The Morgan fingerprint density at radius 3 is 2.68 bits per heavy atom. The van der Waals surface area contributed by atoms with E-state index >= 15 is 0 Å². The Hall–Kier alpha value is -1.01. The number of nitrogens with zero attached hydrogens (tertiary/aromatic N) is 1. The Labute approximate surface area is 125 Å². The molecule has 1 heterocycles. The summed E-state index contributed by atoms with van der Waals surface area (Å²) in [5.41, 5.74) is 5.46. The van der Waals surface area contributed by atoms with E-state index in [0.717, 1.165) is 0 Å². The number of pyridine rings is 1. The number of carbonyl (C=O) groups excluding carboxylic acids is 1. The second-order valence-corrected chi connectivity index (χ2v) is 6.35. The molecule has 1 atom stereocenters. The summed E-state index contributed by atoms with van der Waals surface area (Å²) in [4.78, 5) is 14.9. The fraction of sp³-hybridized carbons (Fsp3) is 0.500. The molecule has 7 heteroatoms. The number of carbonyl (C=O) groups is 1. The summed E-state index contributed by atoms with van der Waals surface area (Å²) >= 11 is 8.96. The average Bonchev–Trinajstić information content (AvgIpc) is 2.22. The topological polar surface area (TPSA) is 85.4 Å². The van der Waals surface area contributed by atoms with Crippen molar-refractivity contribution in [2.75, 3.05) is 0 Å². The summed E-state index contributed by atoms with van der Waals surface area (Å²) in [5, 5.41) is 9.59. The molecular formula is C12H16BrClN2O3. The molecule has 106 valence electrons. The van der Waals surface area contributed by atoms with Crippen LogP contribution in [0.4, 0.5) is 4.79 Å². The lowest BCUT2D eigenvalue weighted by molar-refractivity contribution is 0.0372. The molecule has 0 radical (unpaired) electrons. The lowest BCUT2D eigenvalue weighted by atomic mass is 9.85. The minimum Gasteiger partial charge on any atom is -0.505 e. The van der Waals surface area contributed by atoms with Crippen LogP contribution in [0.3, 0.4) is 0 Å². The Morgan fingerprint density at radius 1 is 1.63 bits per heavy atom. The van der Waals surface area contributed by atoms with Gasteiger partial charge in [-0.3, -0.25) is 0 Å². The van der Waals surface area contributed by atoms with Crippen molar-refractivity contribution in [3.63, 3.8) is 0 Å². The number of aromatic nitrogens is 1. The van der Waals surface area contributed by atoms with E-state index in [-0.39, 0.29) is 16.3 Å². The third kappa shape index (κ3) is 4.54. The van der Waals surface area contributed by atoms with Crippen LogP contribution in [0.15, 0.2) is 10.7 Å². The van der Waals surface area contributed by atoms with Crippen molar-refractivity contribution in [1.29, 1.82) is 0 Å². The molecule has 19 heavy (non-hydrogen) atoms. The van der Waals surface area contributed by atoms with E-state index in [4.69, 9.17) is 22.1 Å². The molecule has 3 N–H and O–H groups in total. The molecule has 0 spiro atoms. The minimum absolute atomic E-state index is 0.0127. The monoisotopic (exact) mass is 350 g/mol. The van der Waals surface area contributed by atoms with Gasteiger partial charge in [-0.25, -0.2) is 9.78 Å². The van der Waals surface area contributed by atoms with Crippen molar-refractivity contribution in [3.05, 3.63) is 21.4 Å².